The Hall–Kier alpha value is -2.57. The van der Waals surface area contributed by atoms with Crippen molar-refractivity contribution < 1.29 is 14.0 Å². The van der Waals surface area contributed by atoms with Gasteiger partial charge in [-0.15, -0.1) is 0 Å². The van der Waals surface area contributed by atoms with Gasteiger partial charge in [0.05, 0.1) is 30.6 Å². The summed E-state index contributed by atoms with van der Waals surface area (Å²) in [6.07, 6.45) is 5.33. The molecule has 0 aliphatic carbocycles. The minimum absolute atomic E-state index is 0.0442. The smallest absolute Gasteiger partial charge is 0.227 e. The third-order valence-corrected chi connectivity index (χ3v) is 4.00. The van der Waals surface area contributed by atoms with Gasteiger partial charge < -0.3 is 14.6 Å². The SMILES string of the molecule is CC(C)Cn1cc(N2C[C@@H](C(=O)NCc3ccco3)CC2=O)cn1. The second kappa shape index (κ2) is 6.90. The maximum Gasteiger partial charge on any atom is 0.227 e. The molecule has 1 saturated heterocycles. The molecule has 0 radical (unpaired) electrons. The molecule has 1 N–H and O–H groups in total. The fourth-order valence-electron chi connectivity index (χ4n) is 2.83. The Bertz CT molecular complexity index is 705. The largest absolute Gasteiger partial charge is 0.467 e. The van der Waals surface area contributed by atoms with E-state index in [-0.39, 0.29) is 24.2 Å². The third kappa shape index (κ3) is 3.67. The van der Waals surface area contributed by atoms with Gasteiger partial charge >= 0.3 is 0 Å². The van der Waals surface area contributed by atoms with E-state index in [1.165, 1.54) is 0 Å². The predicted molar refractivity (Wildman–Crippen MR) is 88.1 cm³/mol. The molecule has 0 aromatic carbocycles. The zero-order valence-corrected chi connectivity index (χ0v) is 13.9. The van der Waals surface area contributed by atoms with Crippen molar-refractivity contribution in [3.63, 3.8) is 0 Å². The van der Waals surface area contributed by atoms with Crippen LogP contribution in [-0.2, 0) is 22.7 Å². The summed E-state index contributed by atoms with van der Waals surface area (Å²) >= 11 is 0. The average molecular weight is 330 g/mol. The van der Waals surface area contributed by atoms with E-state index in [1.54, 1.807) is 29.5 Å². The molecule has 1 aliphatic heterocycles. The van der Waals surface area contributed by atoms with Gasteiger partial charge in [0.1, 0.15) is 5.76 Å². The van der Waals surface area contributed by atoms with Crippen LogP contribution in [0.15, 0.2) is 35.2 Å². The van der Waals surface area contributed by atoms with Gasteiger partial charge in [-0.3, -0.25) is 14.3 Å². The molecule has 7 nitrogen and oxygen atoms in total. The van der Waals surface area contributed by atoms with Crippen LogP contribution >= 0.6 is 0 Å². The Kier molecular flexibility index (Phi) is 4.69. The molecule has 0 bridgehead atoms. The Labute approximate surface area is 140 Å². The highest BCUT2D eigenvalue weighted by atomic mass is 16.3. The Morgan fingerprint density at radius 1 is 1.50 bits per heavy atom. The number of rotatable bonds is 6. The van der Waals surface area contributed by atoms with Gasteiger partial charge in [-0.2, -0.15) is 5.10 Å². The van der Waals surface area contributed by atoms with E-state index in [2.05, 4.69) is 24.3 Å². The monoisotopic (exact) mass is 330 g/mol. The van der Waals surface area contributed by atoms with Gasteiger partial charge in [0.15, 0.2) is 0 Å². The normalized spacial score (nSPS) is 17.7. The lowest BCUT2D eigenvalue weighted by Crippen LogP contribution is -2.32. The van der Waals surface area contributed by atoms with Gasteiger partial charge in [0.2, 0.25) is 11.8 Å². The zero-order chi connectivity index (χ0) is 17.1. The van der Waals surface area contributed by atoms with Crippen LogP contribution in [-0.4, -0.2) is 28.1 Å². The standard InChI is InChI=1S/C17H22N4O3/c1-12(2)9-20-11-14(7-19-20)21-10-13(6-16(21)22)17(23)18-8-15-4-3-5-24-15/h3-5,7,11-13H,6,8-10H2,1-2H3,(H,18,23)/t13-/m0/s1. The summed E-state index contributed by atoms with van der Waals surface area (Å²) in [5, 5.41) is 7.10. The number of furan rings is 1. The van der Waals surface area contributed by atoms with E-state index in [0.29, 0.717) is 24.8 Å². The topological polar surface area (TPSA) is 80.4 Å². The lowest BCUT2D eigenvalue weighted by atomic mass is 10.1. The van der Waals surface area contributed by atoms with E-state index in [9.17, 15) is 9.59 Å². The van der Waals surface area contributed by atoms with Crippen LogP contribution in [0.25, 0.3) is 0 Å². The van der Waals surface area contributed by atoms with Crippen LogP contribution < -0.4 is 10.2 Å². The maximum absolute atomic E-state index is 12.3. The molecule has 0 unspecified atom stereocenters. The fourth-order valence-corrected chi connectivity index (χ4v) is 2.83. The lowest BCUT2D eigenvalue weighted by Gasteiger charge is -2.14. The molecule has 2 aromatic heterocycles. The van der Waals surface area contributed by atoms with Crippen molar-refractivity contribution in [3.05, 3.63) is 36.5 Å². The minimum Gasteiger partial charge on any atom is -0.467 e. The van der Waals surface area contributed by atoms with Crippen LogP contribution in [0.2, 0.25) is 0 Å². The van der Waals surface area contributed by atoms with E-state index >= 15 is 0 Å². The van der Waals surface area contributed by atoms with Crippen LogP contribution in [0.5, 0.6) is 0 Å². The highest BCUT2D eigenvalue weighted by molar-refractivity contribution is 6.00. The second-order valence-corrected chi connectivity index (χ2v) is 6.52. The summed E-state index contributed by atoms with van der Waals surface area (Å²) in [4.78, 5) is 26.1. The molecule has 7 heteroatoms. The van der Waals surface area contributed by atoms with E-state index < -0.39 is 0 Å². The van der Waals surface area contributed by atoms with Crippen molar-refractivity contribution in [2.24, 2.45) is 11.8 Å². The highest BCUT2D eigenvalue weighted by Gasteiger charge is 2.35. The van der Waals surface area contributed by atoms with Crippen molar-refractivity contribution in [1.82, 2.24) is 15.1 Å². The van der Waals surface area contributed by atoms with E-state index in [4.69, 9.17) is 4.42 Å². The number of amides is 2. The quantitative estimate of drug-likeness (QED) is 0.876. The summed E-state index contributed by atoms with van der Waals surface area (Å²) in [5.74, 6) is 0.654. The Balaban J connectivity index is 1.58. The molecule has 2 amide bonds. The number of hydrogen-bond donors (Lipinski definition) is 1. The Morgan fingerprint density at radius 2 is 2.33 bits per heavy atom. The van der Waals surface area contributed by atoms with Crippen LogP contribution in [0.3, 0.4) is 0 Å². The number of aromatic nitrogens is 2. The minimum atomic E-state index is -0.346. The fraction of sp³-hybridized carbons (Fsp3) is 0.471. The Morgan fingerprint density at radius 3 is 3.04 bits per heavy atom. The maximum atomic E-state index is 12.3. The molecule has 3 rings (SSSR count). The van der Waals surface area contributed by atoms with Crippen molar-refractivity contribution in [3.8, 4) is 0 Å². The lowest BCUT2D eigenvalue weighted by molar-refractivity contribution is -0.126. The number of carbonyl (C=O) groups is 2. The molecule has 0 saturated carbocycles. The van der Waals surface area contributed by atoms with Crippen LogP contribution in [0, 0.1) is 11.8 Å². The van der Waals surface area contributed by atoms with Crippen molar-refractivity contribution in [2.45, 2.75) is 33.4 Å². The molecular weight excluding hydrogens is 308 g/mol. The number of anilines is 1. The highest BCUT2D eigenvalue weighted by Crippen LogP contribution is 2.25. The van der Waals surface area contributed by atoms with Crippen molar-refractivity contribution in [1.29, 1.82) is 0 Å². The van der Waals surface area contributed by atoms with Crippen molar-refractivity contribution >= 4 is 17.5 Å². The number of nitrogens with zero attached hydrogens (tertiary/aromatic N) is 3. The molecule has 24 heavy (non-hydrogen) atoms. The number of hydrogen-bond acceptors (Lipinski definition) is 4. The van der Waals surface area contributed by atoms with Crippen LogP contribution in [0.4, 0.5) is 5.69 Å². The first-order chi connectivity index (χ1) is 11.5. The first-order valence-corrected chi connectivity index (χ1v) is 8.16. The first-order valence-electron chi connectivity index (χ1n) is 8.16. The zero-order valence-electron chi connectivity index (χ0n) is 13.9. The molecule has 2 aromatic rings. The summed E-state index contributed by atoms with van der Waals surface area (Å²) in [7, 11) is 0. The molecule has 0 spiro atoms. The summed E-state index contributed by atoms with van der Waals surface area (Å²) in [5.41, 5.74) is 0.752. The molecular formula is C17H22N4O3. The number of carbonyl (C=O) groups excluding carboxylic acids is 2. The van der Waals surface area contributed by atoms with Gasteiger partial charge in [-0.25, -0.2) is 0 Å². The predicted octanol–water partition coefficient (Wildman–Crippen LogP) is 1.80. The molecule has 1 atom stereocenters. The van der Waals surface area contributed by atoms with Crippen LogP contribution in [0.1, 0.15) is 26.0 Å². The average Bonchev–Trinajstić information content (AvgIpc) is 3.24. The first kappa shape index (κ1) is 16.3. The third-order valence-electron chi connectivity index (χ3n) is 4.00. The summed E-state index contributed by atoms with van der Waals surface area (Å²) in [6.45, 7) is 5.75. The molecule has 1 fully saturated rings. The van der Waals surface area contributed by atoms with Gasteiger partial charge in [-0.05, 0) is 18.1 Å². The summed E-state index contributed by atoms with van der Waals surface area (Å²) in [6, 6.07) is 3.58. The molecule has 3 heterocycles. The summed E-state index contributed by atoms with van der Waals surface area (Å²) < 4.78 is 7.02. The molecule has 128 valence electrons. The number of nitrogens with one attached hydrogen (secondary N) is 1. The molecule has 1 aliphatic rings. The second-order valence-electron chi connectivity index (χ2n) is 6.52. The van der Waals surface area contributed by atoms with Crippen molar-refractivity contribution in [2.75, 3.05) is 11.4 Å². The van der Waals surface area contributed by atoms with Gasteiger partial charge in [-0.1, -0.05) is 13.8 Å². The van der Waals surface area contributed by atoms with Gasteiger partial charge in [0, 0.05) is 25.7 Å². The van der Waals surface area contributed by atoms with E-state index in [0.717, 1.165) is 12.2 Å². The van der Waals surface area contributed by atoms with Gasteiger partial charge in [0.25, 0.3) is 0 Å². The van der Waals surface area contributed by atoms with E-state index in [1.807, 2.05) is 10.9 Å².